The van der Waals surface area contributed by atoms with Crippen molar-refractivity contribution in [3.63, 3.8) is 0 Å². The summed E-state index contributed by atoms with van der Waals surface area (Å²) in [6, 6.07) is 0. The third-order valence-corrected chi connectivity index (χ3v) is 1.97. The second kappa shape index (κ2) is 4.65. The first kappa shape index (κ1) is 12.5. The number of rotatable bonds is 2. The fraction of sp³-hybridized carbons (Fsp3) is 1.00. The van der Waals surface area contributed by atoms with Crippen LogP contribution in [0.5, 0.6) is 0 Å². The third kappa shape index (κ3) is 4.30. The molecule has 52 valence electrons. The number of nitrogens with zero attached hydrogens (tertiary/aromatic N) is 1. The Labute approximate surface area is 79.2 Å². The number of hydrogen-bond acceptors (Lipinski definition) is 3. The van der Waals surface area contributed by atoms with Crippen LogP contribution in [0.3, 0.4) is 0 Å². The Morgan fingerprint density at radius 3 is 1.78 bits per heavy atom. The van der Waals surface area contributed by atoms with Gasteiger partial charge in [-0.2, -0.15) is 12.7 Å². The summed E-state index contributed by atoms with van der Waals surface area (Å²) in [4.78, 5) is 0. The van der Waals surface area contributed by atoms with Gasteiger partial charge in [0.25, 0.3) is 0 Å². The Bertz CT molecular complexity index is 157. The van der Waals surface area contributed by atoms with Gasteiger partial charge in [-0.05, 0) is 0 Å². The number of hydrogen-bond donors (Lipinski definition) is 0. The zero-order chi connectivity index (χ0) is 6.78. The van der Waals surface area contributed by atoms with Gasteiger partial charge < -0.3 is 1.43 Å². The van der Waals surface area contributed by atoms with E-state index in [1.54, 1.807) is 0 Å². The fourth-order valence-electron chi connectivity index (χ4n) is 0.149. The van der Waals surface area contributed by atoms with Crippen molar-refractivity contribution in [1.82, 2.24) is 4.31 Å². The van der Waals surface area contributed by atoms with Crippen LogP contribution in [0.4, 0.5) is 0 Å². The topological polar surface area (TPSA) is 46.6 Å². The average Bonchev–Trinajstić information content (AvgIpc) is 1.67. The maximum absolute atomic E-state index is 10.4. The first-order chi connectivity index (χ1) is 3.50. The minimum Gasteiger partial charge on any atom is -1.00 e. The van der Waals surface area contributed by atoms with Crippen LogP contribution in [0.25, 0.3) is 0 Å². The molecule has 0 saturated carbocycles. The van der Waals surface area contributed by atoms with E-state index in [-0.39, 0.29) is 31.0 Å². The summed E-state index contributed by atoms with van der Waals surface area (Å²) >= 11 is 0. The summed E-state index contributed by atoms with van der Waals surface area (Å²) in [5.41, 5.74) is 0. The second-order valence-corrected chi connectivity index (χ2v) is 3.33. The first-order valence-corrected chi connectivity index (χ1v) is 3.35. The van der Waals surface area contributed by atoms with E-state index in [2.05, 4.69) is 4.18 Å². The van der Waals surface area contributed by atoms with Gasteiger partial charge in [0, 0.05) is 14.1 Å². The van der Waals surface area contributed by atoms with Gasteiger partial charge in [0.2, 0.25) is 0 Å². The Balaban J connectivity index is -0.000000245. The minimum atomic E-state index is -3.40. The van der Waals surface area contributed by atoms with Gasteiger partial charge in [-0.3, -0.25) is 4.18 Å². The van der Waals surface area contributed by atoms with Crippen molar-refractivity contribution in [2.45, 2.75) is 0 Å². The molecule has 0 N–H and O–H groups in total. The van der Waals surface area contributed by atoms with Gasteiger partial charge in [0.1, 0.15) is 0 Å². The molecule has 0 bridgehead atoms. The van der Waals surface area contributed by atoms with E-state index in [0.717, 1.165) is 11.4 Å². The van der Waals surface area contributed by atoms with Crippen molar-refractivity contribution in [3.8, 4) is 0 Å². The van der Waals surface area contributed by atoms with E-state index >= 15 is 0 Å². The molecule has 0 fully saturated rings. The van der Waals surface area contributed by atoms with Gasteiger partial charge in [-0.1, -0.05) is 0 Å². The summed E-state index contributed by atoms with van der Waals surface area (Å²) in [6.07, 6.45) is 0. The van der Waals surface area contributed by atoms with Crippen molar-refractivity contribution in [2.75, 3.05) is 21.2 Å². The van der Waals surface area contributed by atoms with Crippen LogP contribution in [-0.4, -0.2) is 33.9 Å². The van der Waals surface area contributed by atoms with E-state index in [1.165, 1.54) is 14.1 Å². The van der Waals surface area contributed by atoms with Gasteiger partial charge in [0.05, 0.1) is 7.11 Å². The molecule has 0 rings (SSSR count). The van der Waals surface area contributed by atoms with Crippen molar-refractivity contribution >= 4 is 10.3 Å². The molecule has 0 aromatic carbocycles. The molecule has 0 aromatic rings. The quantitative estimate of drug-likeness (QED) is 0.398. The van der Waals surface area contributed by atoms with E-state index in [9.17, 15) is 8.42 Å². The zero-order valence-electron chi connectivity index (χ0n) is 7.08. The van der Waals surface area contributed by atoms with Crippen molar-refractivity contribution in [1.29, 1.82) is 0 Å². The molecule has 0 radical (unpaired) electrons. The van der Waals surface area contributed by atoms with Crippen molar-refractivity contribution in [2.24, 2.45) is 0 Å². The molecular formula is C3H10NNaO3S. The average molecular weight is 163 g/mol. The molecule has 0 saturated heterocycles. The Morgan fingerprint density at radius 1 is 1.44 bits per heavy atom. The van der Waals surface area contributed by atoms with Crippen LogP contribution in [0.1, 0.15) is 1.43 Å². The van der Waals surface area contributed by atoms with Crippen LogP contribution < -0.4 is 29.6 Å². The molecular weight excluding hydrogens is 153 g/mol. The van der Waals surface area contributed by atoms with Gasteiger partial charge >= 0.3 is 39.9 Å². The molecule has 0 atom stereocenters. The molecule has 9 heavy (non-hydrogen) atoms. The summed E-state index contributed by atoms with van der Waals surface area (Å²) in [5, 5.41) is 0. The molecule has 0 amide bonds. The largest absolute Gasteiger partial charge is 1.00 e. The summed E-state index contributed by atoms with van der Waals surface area (Å²) in [6.45, 7) is 0. The predicted molar refractivity (Wildman–Crippen MR) is 30.7 cm³/mol. The summed E-state index contributed by atoms with van der Waals surface area (Å²) in [7, 11) is 0.521. The standard InChI is InChI=1S/C3H9NO3S.Na.H/c1-4(2)8(5,6)7-3;;/h1-3H3;;/q;+1;-1. The van der Waals surface area contributed by atoms with Crippen LogP contribution in [-0.2, 0) is 14.5 Å². The molecule has 0 aromatic heterocycles. The molecule has 0 spiro atoms. The SMILES string of the molecule is COS(=O)(=O)N(C)C.[H-].[Na+]. The van der Waals surface area contributed by atoms with Crippen LogP contribution >= 0.6 is 0 Å². The molecule has 0 heterocycles. The van der Waals surface area contributed by atoms with E-state index in [0.29, 0.717) is 0 Å². The van der Waals surface area contributed by atoms with Gasteiger partial charge in [-0.25, -0.2) is 0 Å². The van der Waals surface area contributed by atoms with Crippen LogP contribution in [0.15, 0.2) is 0 Å². The summed E-state index contributed by atoms with van der Waals surface area (Å²) < 4.78 is 25.9. The van der Waals surface area contributed by atoms with E-state index in [1.807, 2.05) is 0 Å². The predicted octanol–water partition coefficient (Wildman–Crippen LogP) is -3.44. The minimum absolute atomic E-state index is 0. The molecule has 0 aliphatic rings. The van der Waals surface area contributed by atoms with Crippen molar-refractivity contribution < 1.29 is 43.6 Å². The maximum Gasteiger partial charge on any atom is 1.00 e. The smallest absolute Gasteiger partial charge is 1.00 e. The summed E-state index contributed by atoms with van der Waals surface area (Å²) in [5.74, 6) is 0. The van der Waals surface area contributed by atoms with E-state index in [4.69, 9.17) is 0 Å². The Hall–Kier alpha value is 0.870. The van der Waals surface area contributed by atoms with Crippen molar-refractivity contribution in [3.05, 3.63) is 0 Å². The van der Waals surface area contributed by atoms with E-state index < -0.39 is 10.3 Å². The van der Waals surface area contributed by atoms with Crippen LogP contribution in [0, 0.1) is 0 Å². The second-order valence-electron chi connectivity index (χ2n) is 1.41. The first-order valence-electron chi connectivity index (χ1n) is 1.99. The fourth-order valence-corrected chi connectivity index (χ4v) is 0.447. The normalized spacial score (nSPS) is 11.1. The molecule has 0 aliphatic carbocycles. The van der Waals surface area contributed by atoms with Crippen LogP contribution in [0.2, 0.25) is 0 Å². The zero-order valence-corrected chi connectivity index (χ0v) is 8.90. The third-order valence-electron chi connectivity index (χ3n) is 0.658. The van der Waals surface area contributed by atoms with Gasteiger partial charge in [-0.15, -0.1) is 0 Å². The molecule has 0 unspecified atom stereocenters. The maximum atomic E-state index is 10.4. The molecule has 6 heteroatoms. The Kier molecular flexibility index (Phi) is 6.48. The monoisotopic (exact) mass is 163 g/mol. The molecule has 4 nitrogen and oxygen atoms in total. The van der Waals surface area contributed by atoms with Gasteiger partial charge in [0.15, 0.2) is 0 Å². The molecule has 0 aliphatic heterocycles. The Morgan fingerprint density at radius 2 is 1.78 bits per heavy atom.